The van der Waals surface area contributed by atoms with E-state index in [-0.39, 0.29) is 0 Å². The number of rotatable bonds is 5. The van der Waals surface area contributed by atoms with Crippen molar-refractivity contribution in [2.75, 3.05) is 20.6 Å². The van der Waals surface area contributed by atoms with E-state index in [9.17, 15) is 5.11 Å². The SMILES string of the molecule is CN(C)C1(CNCc2ccc(O)c(Br)c2)CCC1. The molecule has 0 bridgehead atoms. The quantitative estimate of drug-likeness (QED) is 0.877. The van der Waals surface area contributed by atoms with Crippen molar-refractivity contribution in [3.05, 3.63) is 28.2 Å². The zero-order valence-corrected chi connectivity index (χ0v) is 12.6. The molecule has 0 aliphatic heterocycles. The first-order valence-corrected chi connectivity index (χ1v) is 7.18. The number of likely N-dealkylation sites (N-methyl/N-ethyl adjacent to an activating group) is 1. The maximum absolute atomic E-state index is 9.44. The van der Waals surface area contributed by atoms with Gasteiger partial charge in [0.1, 0.15) is 5.75 Å². The standard InChI is InChI=1S/C14H21BrN2O/c1-17(2)14(6-3-7-14)10-16-9-11-4-5-13(18)12(15)8-11/h4-5,8,16,18H,3,6-7,9-10H2,1-2H3. The van der Waals surface area contributed by atoms with E-state index in [2.05, 4.69) is 40.2 Å². The van der Waals surface area contributed by atoms with Gasteiger partial charge in [0.15, 0.2) is 0 Å². The topological polar surface area (TPSA) is 35.5 Å². The van der Waals surface area contributed by atoms with Crippen molar-refractivity contribution in [2.24, 2.45) is 0 Å². The maximum Gasteiger partial charge on any atom is 0.129 e. The van der Waals surface area contributed by atoms with E-state index in [0.29, 0.717) is 11.3 Å². The van der Waals surface area contributed by atoms with Crippen LogP contribution in [-0.2, 0) is 6.54 Å². The van der Waals surface area contributed by atoms with Crippen molar-refractivity contribution in [1.82, 2.24) is 10.2 Å². The molecule has 0 heterocycles. The number of benzene rings is 1. The van der Waals surface area contributed by atoms with Crippen LogP contribution in [0.1, 0.15) is 24.8 Å². The van der Waals surface area contributed by atoms with Crippen molar-refractivity contribution in [3.63, 3.8) is 0 Å². The molecule has 1 aliphatic carbocycles. The van der Waals surface area contributed by atoms with Crippen LogP contribution < -0.4 is 5.32 Å². The Hall–Kier alpha value is -0.580. The third-order valence-electron chi connectivity index (χ3n) is 4.03. The van der Waals surface area contributed by atoms with Crippen LogP contribution >= 0.6 is 15.9 Å². The summed E-state index contributed by atoms with van der Waals surface area (Å²) >= 11 is 3.34. The van der Waals surface area contributed by atoms with Gasteiger partial charge in [-0.05, 0) is 67.0 Å². The van der Waals surface area contributed by atoms with Crippen LogP contribution in [0.2, 0.25) is 0 Å². The molecule has 2 N–H and O–H groups in total. The fraction of sp³-hybridized carbons (Fsp3) is 0.571. The lowest BCUT2D eigenvalue weighted by Crippen LogP contribution is -2.56. The molecule has 4 heteroatoms. The molecule has 0 spiro atoms. The summed E-state index contributed by atoms with van der Waals surface area (Å²) in [5.41, 5.74) is 1.54. The lowest BCUT2D eigenvalue weighted by atomic mass is 9.75. The number of hydrogen-bond acceptors (Lipinski definition) is 3. The van der Waals surface area contributed by atoms with Gasteiger partial charge in [0.25, 0.3) is 0 Å². The van der Waals surface area contributed by atoms with Gasteiger partial charge in [-0.1, -0.05) is 6.07 Å². The van der Waals surface area contributed by atoms with Crippen LogP contribution in [-0.4, -0.2) is 36.2 Å². The molecule has 1 aromatic carbocycles. The maximum atomic E-state index is 9.44. The van der Waals surface area contributed by atoms with E-state index in [4.69, 9.17) is 0 Å². The molecule has 1 fully saturated rings. The highest BCUT2D eigenvalue weighted by Gasteiger charge is 2.38. The number of nitrogens with zero attached hydrogens (tertiary/aromatic N) is 1. The van der Waals surface area contributed by atoms with Crippen LogP contribution in [0, 0.1) is 0 Å². The van der Waals surface area contributed by atoms with Crippen LogP contribution in [0.25, 0.3) is 0 Å². The Morgan fingerprint density at radius 1 is 1.39 bits per heavy atom. The van der Waals surface area contributed by atoms with Gasteiger partial charge in [-0.2, -0.15) is 0 Å². The Morgan fingerprint density at radius 2 is 2.11 bits per heavy atom. The summed E-state index contributed by atoms with van der Waals surface area (Å²) < 4.78 is 0.757. The summed E-state index contributed by atoms with van der Waals surface area (Å²) in [6.45, 7) is 1.87. The van der Waals surface area contributed by atoms with Crippen molar-refractivity contribution < 1.29 is 5.11 Å². The minimum absolute atomic E-state index is 0.294. The second-order valence-electron chi connectivity index (χ2n) is 5.36. The molecule has 2 rings (SSSR count). The second-order valence-corrected chi connectivity index (χ2v) is 6.22. The van der Waals surface area contributed by atoms with Gasteiger partial charge in [0.2, 0.25) is 0 Å². The monoisotopic (exact) mass is 312 g/mol. The summed E-state index contributed by atoms with van der Waals surface area (Å²) in [5, 5.41) is 13.0. The van der Waals surface area contributed by atoms with E-state index in [0.717, 1.165) is 17.6 Å². The van der Waals surface area contributed by atoms with Gasteiger partial charge in [0.05, 0.1) is 4.47 Å². The molecule has 0 amide bonds. The summed E-state index contributed by atoms with van der Waals surface area (Å²) in [6.07, 6.45) is 3.91. The summed E-state index contributed by atoms with van der Waals surface area (Å²) in [5.74, 6) is 0.294. The summed E-state index contributed by atoms with van der Waals surface area (Å²) in [7, 11) is 4.33. The average molecular weight is 313 g/mol. The number of aromatic hydroxyl groups is 1. The Balaban J connectivity index is 1.86. The van der Waals surface area contributed by atoms with Crippen LogP contribution in [0.4, 0.5) is 0 Å². The van der Waals surface area contributed by atoms with Gasteiger partial charge in [-0.15, -0.1) is 0 Å². The van der Waals surface area contributed by atoms with E-state index >= 15 is 0 Å². The molecule has 0 atom stereocenters. The highest BCUT2D eigenvalue weighted by molar-refractivity contribution is 9.10. The minimum Gasteiger partial charge on any atom is -0.507 e. The van der Waals surface area contributed by atoms with Crippen molar-refractivity contribution in [2.45, 2.75) is 31.3 Å². The van der Waals surface area contributed by atoms with Crippen LogP contribution in [0.5, 0.6) is 5.75 Å². The molecule has 100 valence electrons. The third kappa shape index (κ3) is 2.87. The first kappa shape index (κ1) is 13.8. The van der Waals surface area contributed by atoms with Gasteiger partial charge < -0.3 is 15.3 Å². The smallest absolute Gasteiger partial charge is 0.129 e. The lowest BCUT2D eigenvalue weighted by Gasteiger charge is -2.47. The highest BCUT2D eigenvalue weighted by Crippen LogP contribution is 2.35. The van der Waals surface area contributed by atoms with Crippen LogP contribution in [0.15, 0.2) is 22.7 Å². The Morgan fingerprint density at radius 3 is 2.61 bits per heavy atom. The van der Waals surface area contributed by atoms with E-state index in [1.807, 2.05) is 12.1 Å². The fourth-order valence-corrected chi connectivity index (χ4v) is 2.89. The first-order chi connectivity index (χ1) is 8.53. The molecule has 1 saturated carbocycles. The van der Waals surface area contributed by atoms with Gasteiger partial charge in [-0.3, -0.25) is 0 Å². The van der Waals surface area contributed by atoms with Gasteiger partial charge in [-0.25, -0.2) is 0 Å². The van der Waals surface area contributed by atoms with E-state index in [1.54, 1.807) is 6.07 Å². The second kappa shape index (κ2) is 5.59. The van der Waals surface area contributed by atoms with E-state index < -0.39 is 0 Å². The molecule has 0 aromatic heterocycles. The number of phenolic OH excluding ortho intramolecular Hbond substituents is 1. The normalized spacial score (nSPS) is 17.8. The molecule has 0 unspecified atom stereocenters. The van der Waals surface area contributed by atoms with Crippen molar-refractivity contribution in [3.8, 4) is 5.75 Å². The molecule has 18 heavy (non-hydrogen) atoms. The van der Waals surface area contributed by atoms with E-state index in [1.165, 1.54) is 24.8 Å². The highest BCUT2D eigenvalue weighted by atomic mass is 79.9. The Kier molecular flexibility index (Phi) is 4.30. The van der Waals surface area contributed by atoms with Crippen molar-refractivity contribution in [1.29, 1.82) is 0 Å². The molecule has 3 nitrogen and oxygen atoms in total. The van der Waals surface area contributed by atoms with Crippen molar-refractivity contribution >= 4 is 15.9 Å². The molecule has 1 aromatic rings. The van der Waals surface area contributed by atoms with Gasteiger partial charge >= 0.3 is 0 Å². The summed E-state index contributed by atoms with van der Waals surface area (Å²) in [6, 6.07) is 5.65. The lowest BCUT2D eigenvalue weighted by molar-refractivity contribution is 0.0598. The number of halogens is 1. The Bertz CT molecular complexity index is 416. The van der Waals surface area contributed by atoms with Gasteiger partial charge in [0, 0.05) is 18.6 Å². The molecule has 0 saturated heterocycles. The first-order valence-electron chi connectivity index (χ1n) is 6.39. The number of nitrogens with one attached hydrogen (secondary N) is 1. The molecular formula is C14H21BrN2O. The predicted octanol–water partition coefficient (Wildman–Crippen LogP) is 2.73. The minimum atomic E-state index is 0.294. The summed E-state index contributed by atoms with van der Waals surface area (Å²) in [4.78, 5) is 2.34. The number of hydrogen-bond donors (Lipinski definition) is 2. The fourth-order valence-electron chi connectivity index (χ4n) is 2.47. The molecule has 1 aliphatic rings. The van der Waals surface area contributed by atoms with Crippen LogP contribution in [0.3, 0.4) is 0 Å². The largest absolute Gasteiger partial charge is 0.507 e. The number of phenols is 1. The zero-order valence-electron chi connectivity index (χ0n) is 11.0. The average Bonchev–Trinajstić information content (AvgIpc) is 2.26. The predicted molar refractivity (Wildman–Crippen MR) is 77.8 cm³/mol. The third-order valence-corrected chi connectivity index (χ3v) is 4.66. The molecule has 0 radical (unpaired) electrons. The molecular weight excluding hydrogens is 292 g/mol. The Labute approximate surface area is 117 Å². The zero-order chi connectivity index (χ0) is 13.2.